The summed E-state index contributed by atoms with van der Waals surface area (Å²) in [5, 5.41) is 0. The van der Waals surface area contributed by atoms with Crippen molar-refractivity contribution < 1.29 is 12.8 Å². The van der Waals surface area contributed by atoms with E-state index >= 15 is 0 Å². The van der Waals surface area contributed by atoms with Gasteiger partial charge in [-0.05, 0) is 30.2 Å². The molecule has 5 nitrogen and oxygen atoms in total. The Morgan fingerprint density at radius 2 is 2.11 bits per heavy atom. The molecule has 0 aliphatic rings. The maximum atomic E-state index is 12.3. The number of sulfonamides is 1. The number of furan rings is 1. The molecule has 0 bridgehead atoms. The molecule has 19 heavy (non-hydrogen) atoms. The SMILES string of the molecule is CCc1ccc(N)cc1S(=O)(=O)NCc1ccoc1. The van der Waals surface area contributed by atoms with E-state index in [1.807, 2.05) is 6.92 Å². The minimum atomic E-state index is -3.57. The van der Waals surface area contributed by atoms with Crippen molar-refractivity contribution in [2.24, 2.45) is 0 Å². The molecule has 102 valence electrons. The summed E-state index contributed by atoms with van der Waals surface area (Å²) in [4.78, 5) is 0.235. The van der Waals surface area contributed by atoms with Crippen molar-refractivity contribution in [3.63, 3.8) is 0 Å². The maximum Gasteiger partial charge on any atom is 0.241 e. The molecule has 0 amide bonds. The summed E-state index contributed by atoms with van der Waals surface area (Å²) in [6.07, 6.45) is 3.63. The molecule has 0 aliphatic heterocycles. The van der Waals surface area contributed by atoms with E-state index in [9.17, 15) is 8.42 Å². The lowest BCUT2D eigenvalue weighted by Crippen LogP contribution is -2.24. The third-order valence-corrected chi connectivity index (χ3v) is 4.29. The van der Waals surface area contributed by atoms with E-state index in [4.69, 9.17) is 10.2 Å². The van der Waals surface area contributed by atoms with Gasteiger partial charge >= 0.3 is 0 Å². The number of hydrogen-bond acceptors (Lipinski definition) is 4. The summed E-state index contributed by atoms with van der Waals surface area (Å²) in [6, 6.07) is 6.63. The first kappa shape index (κ1) is 13.6. The van der Waals surface area contributed by atoms with Crippen molar-refractivity contribution in [1.82, 2.24) is 4.72 Å². The van der Waals surface area contributed by atoms with E-state index in [0.29, 0.717) is 12.1 Å². The molecule has 0 spiro atoms. The molecule has 0 aliphatic carbocycles. The van der Waals surface area contributed by atoms with Crippen LogP contribution < -0.4 is 10.5 Å². The normalized spacial score (nSPS) is 11.6. The second-order valence-corrected chi connectivity index (χ2v) is 5.91. The Balaban J connectivity index is 2.26. The molecule has 0 radical (unpaired) electrons. The summed E-state index contributed by atoms with van der Waals surface area (Å²) < 4.78 is 32.0. The van der Waals surface area contributed by atoms with Gasteiger partial charge in [0.15, 0.2) is 0 Å². The lowest BCUT2D eigenvalue weighted by molar-refractivity contribution is 0.561. The molecule has 0 saturated heterocycles. The van der Waals surface area contributed by atoms with Crippen LogP contribution in [0.4, 0.5) is 5.69 Å². The summed E-state index contributed by atoms with van der Waals surface area (Å²) in [5.41, 5.74) is 7.61. The Bertz CT molecular complexity index is 649. The van der Waals surface area contributed by atoms with Gasteiger partial charge in [0, 0.05) is 17.8 Å². The molecule has 0 atom stereocenters. The smallest absolute Gasteiger partial charge is 0.241 e. The number of aryl methyl sites for hydroxylation is 1. The average Bonchev–Trinajstić information content (AvgIpc) is 2.89. The summed E-state index contributed by atoms with van der Waals surface area (Å²) >= 11 is 0. The predicted octanol–water partition coefficient (Wildman–Crippen LogP) is 1.90. The second kappa shape index (κ2) is 5.46. The fraction of sp³-hybridized carbons (Fsp3) is 0.231. The highest BCUT2D eigenvalue weighted by molar-refractivity contribution is 7.89. The molecule has 1 aromatic carbocycles. The number of nitrogen functional groups attached to an aromatic ring is 1. The minimum Gasteiger partial charge on any atom is -0.472 e. The minimum absolute atomic E-state index is 0.191. The highest BCUT2D eigenvalue weighted by Crippen LogP contribution is 2.20. The van der Waals surface area contributed by atoms with Gasteiger partial charge in [-0.15, -0.1) is 0 Å². The molecule has 0 saturated carbocycles. The van der Waals surface area contributed by atoms with Crippen LogP contribution in [0.15, 0.2) is 46.1 Å². The van der Waals surface area contributed by atoms with E-state index < -0.39 is 10.0 Å². The van der Waals surface area contributed by atoms with Crippen LogP contribution in [0.3, 0.4) is 0 Å². The standard InChI is InChI=1S/C13H16N2O3S/c1-2-11-3-4-12(14)7-13(11)19(16,17)15-8-10-5-6-18-9-10/h3-7,9,15H,2,8,14H2,1H3. The third kappa shape index (κ3) is 3.15. The van der Waals surface area contributed by atoms with Gasteiger partial charge in [0.25, 0.3) is 0 Å². The molecule has 3 N–H and O–H groups in total. The number of anilines is 1. The number of benzene rings is 1. The Kier molecular flexibility index (Phi) is 3.92. The third-order valence-electron chi connectivity index (χ3n) is 2.81. The average molecular weight is 280 g/mol. The highest BCUT2D eigenvalue weighted by atomic mass is 32.2. The van der Waals surface area contributed by atoms with Crippen molar-refractivity contribution >= 4 is 15.7 Å². The van der Waals surface area contributed by atoms with Crippen LogP contribution in [0.2, 0.25) is 0 Å². The zero-order valence-electron chi connectivity index (χ0n) is 10.6. The van der Waals surface area contributed by atoms with Gasteiger partial charge in [0.1, 0.15) is 0 Å². The molecule has 0 unspecified atom stereocenters. The summed E-state index contributed by atoms with van der Waals surface area (Å²) in [6.45, 7) is 2.09. The number of hydrogen-bond donors (Lipinski definition) is 2. The van der Waals surface area contributed by atoms with Crippen LogP contribution in [0.5, 0.6) is 0 Å². The maximum absolute atomic E-state index is 12.3. The topological polar surface area (TPSA) is 85.3 Å². The predicted molar refractivity (Wildman–Crippen MR) is 73.0 cm³/mol. The molecule has 6 heteroatoms. The van der Waals surface area contributed by atoms with Gasteiger partial charge in [-0.1, -0.05) is 13.0 Å². The van der Waals surface area contributed by atoms with Gasteiger partial charge < -0.3 is 10.2 Å². The van der Waals surface area contributed by atoms with Gasteiger partial charge in [-0.25, -0.2) is 13.1 Å². The zero-order chi connectivity index (χ0) is 13.9. The second-order valence-electron chi connectivity index (χ2n) is 4.18. The van der Waals surface area contributed by atoms with E-state index in [1.54, 1.807) is 18.2 Å². The van der Waals surface area contributed by atoms with Crippen molar-refractivity contribution in [2.75, 3.05) is 5.73 Å². The number of nitrogens with two attached hydrogens (primary N) is 1. The first-order valence-electron chi connectivity index (χ1n) is 5.92. The van der Waals surface area contributed by atoms with Gasteiger partial charge in [-0.3, -0.25) is 0 Å². The van der Waals surface area contributed by atoms with E-state index in [-0.39, 0.29) is 11.4 Å². The van der Waals surface area contributed by atoms with Crippen LogP contribution in [0.1, 0.15) is 18.1 Å². The van der Waals surface area contributed by atoms with Crippen LogP contribution >= 0.6 is 0 Å². The van der Waals surface area contributed by atoms with Crippen LogP contribution in [-0.4, -0.2) is 8.42 Å². The highest BCUT2D eigenvalue weighted by Gasteiger charge is 2.18. The first-order chi connectivity index (χ1) is 9.03. The molecular formula is C13H16N2O3S. The van der Waals surface area contributed by atoms with Crippen LogP contribution in [-0.2, 0) is 23.0 Å². The molecule has 0 fully saturated rings. The van der Waals surface area contributed by atoms with E-state index in [0.717, 1.165) is 11.1 Å². The van der Waals surface area contributed by atoms with Crippen molar-refractivity contribution in [3.8, 4) is 0 Å². The molecule has 1 aromatic heterocycles. The quantitative estimate of drug-likeness (QED) is 0.819. The van der Waals surface area contributed by atoms with Crippen molar-refractivity contribution in [2.45, 2.75) is 24.8 Å². The number of rotatable bonds is 5. The Hall–Kier alpha value is -1.79. The summed E-state index contributed by atoms with van der Waals surface area (Å²) in [7, 11) is -3.57. The molecule has 2 aromatic rings. The number of nitrogens with one attached hydrogen (secondary N) is 1. The van der Waals surface area contributed by atoms with Crippen molar-refractivity contribution in [3.05, 3.63) is 47.9 Å². The van der Waals surface area contributed by atoms with Gasteiger partial charge in [0.05, 0.1) is 17.4 Å². The Morgan fingerprint density at radius 3 is 2.74 bits per heavy atom. The lowest BCUT2D eigenvalue weighted by atomic mass is 10.1. The fourth-order valence-corrected chi connectivity index (χ4v) is 3.12. The van der Waals surface area contributed by atoms with E-state index in [1.165, 1.54) is 18.6 Å². The molecular weight excluding hydrogens is 264 g/mol. The summed E-state index contributed by atoms with van der Waals surface area (Å²) in [5.74, 6) is 0. The fourth-order valence-electron chi connectivity index (χ4n) is 1.76. The largest absolute Gasteiger partial charge is 0.472 e. The molecule has 1 heterocycles. The first-order valence-corrected chi connectivity index (χ1v) is 7.40. The molecule has 2 rings (SSSR count). The Morgan fingerprint density at radius 1 is 1.32 bits per heavy atom. The van der Waals surface area contributed by atoms with Gasteiger partial charge in [0.2, 0.25) is 10.0 Å². The van der Waals surface area contributed by atoms with Crippen LogP contribution in [0.25, 0.3) is 0 Å². The zero-order valence-corrected chi connectivity index (χ0v) is 11.4. The van der Waals surface area contributed by atoms with Crippen molar-refractivity contribution in [1.29, 1.82) is 0 Å². The van der Waals surface area contributed by atoms with E-state index in [2.05, 4.69) is 4.72 Å². The Labute approximate surface area is 112 Å². The van der Waals surface area contributed by atoms with Gasteiger partial charge in [-0.2, -0.15) is 0 Å². The monoisotopic (exact) mass is 280 g/mol. The lowest BCUT2D eigenvalue weighted by Gasteiger charge is -2.10. The van der Waals surface area contributed by atoms with Crippen LogP contribution in [0, 0.1) is 0 Å².